The smallest absolute Gasteiger partial charge is 0.249 e. The van der Waals surface area contributed by atoms with Crippen LogP contribution in [0.1, 0.15) is 24.5 Å². The van der Waals surface area contributed by atoms with Gasteiger partial charge in [-0.15, -0.1) is 0 Å². The van der Waals surface area contributed by atoms with Gasteiger partial charge in [-0.25, -0.2) is 5.43 Å². The molecular formula is C26H25BrClN3O5. The molecule has 0 saturated carbocycles. The van der Waals surface area contributed by atoms with Crippen LogP contribution in [0.5, 0.6) is 17.2 Å². The number of amides is 2. The third-order valence-corrected chi connectivity index (χ3v) is 5.72. The molecule has 2 N–H and O–H groups in total. The second kappa shape index (κ2) is 13.5. The van der Waals surface area contributed by atoms with Crippen LogP contribution in [0, 0.1) is 0 Å². The standard InChI is InChI=1S/C26H25BrClN3O5/c1-3-35-23-13-17(12-19(27)26(23)36-16-18-8-4-5-9-20(18)28)15-29-31-25(33)14-24(32)30-21-10-6-7-11-22(21)34-2/h4-13,15H,3,14,16H2,1-2H3,(H,30,32)(H,31,33). The van der Waals surface area contributed by atoms with E-state index in [0.29, 0.717) is 44.6 Å². The van der Waals surface area contributed by atoms with Crippen molar-refractivity contribution in [2.24, 2.45) is 5.10 Å². The maximum Gasteiger partial charge on any atom is 0.249 e. The maximum absolute atomic E-state index is 12.2. The topological polar surface area (TPSA) is 98.2 Å². The van der Waals surface area contributed by atoms with Crippen LogP contribution >= 0.6 is 27.5 Å². The third-order valence-electron chi connectivity index (χ3n) is 4.77. The zero-order chi connectivity index (χ0) is 25.9. The summed E-state index contributed by atoms with van der Waals surface area (Å²) >= 11 is 9.73. The number of anilines is 1. The minimum Gasteiger partial charge on any atom is -0.495 e. The number of ether oxygens (including phenoxy) is 3. The summed E-state index contributed by atoms with van der Waals surface area (Å²) in [6.07, 6.45) is 1.04. The van der Waals surface area contributed by atoms with Crippen LogP contribution in [0.2, 0.25) is 5.02 Å². The molecule has 0 atom stereocenters. The molecule has 0 spiro atoms. The normalized spacial score (nSPS) is 10.7. The van der Waals surface area contributed by atoms with Crippen LogP contribution in [0.15, 0.2) is 70.2 Å². The van der Waals surface area contributed by atoms with Gasteiger partial charge in [0, 0.05) is 10.6 Å². The molecule has 188 valence electrons. The number of halogens is 2. The van der Waals surface area contributed by atoms with Crippen LogP contribution in [0.25, 0.3) is 0 Å². The molecule has 0 fully saturated rings. The first-order valence-corrected chi connectivity index (χ1v) is 12.2. The van der Waals surface area contributed by atoms with Crippen molar-refractivity contribution in [3.05, 3.63) is 81.3 Å². The van der Waals surface area contributed by atoms with Gasteiger partial charge in [-0.3, -0.25) is 9.59 Å². The van der Waals surface area contributed by atoms with E-state index in [1.165, 1.54) is 13.3 Å². The van der Waals surface area contributed by atoms with E-state index in [0.717, 1.165) is 5.56 Å². The lowest BCUT2D eigenvalue weighted by molar-refractivity contribution is -0.126. The number of nitrogens with zero attached hydrogens (tertiary/aromatic N) is 1. The van der Waals surface area contributed by atoms with Crippen molar-refractivity contribution in [3.63, 3.8) is 0 Å². The van der Waals surface area contributed by atoms with E-state index >= 15 is 0 Å². The van der Waals surface area contributed by atoms with E-state index in [9.17, 15) is 9.59 Å². The molecule has 0 radical (unpaired) electrons. The number of hydrogen-bond donors (Lipinski definition) is 2. The Morgan fingerprint density at radius 1 is 1.03 bits per heavy atom. The lowest BCUT2D eigenvalue weighted by Crippen LogP contribution is -2.24. The monoisotopic (exact) mass is 573 g/mol. The Labute approximate surface area is 222 Å². The van der Waals surface area contributed by atoms with Crippen molar-refractivity contribution in [2.45, 2.75) is 20.0 Å². The first-order valence-electron chi connectivity index (χ1n) is 11.0. The van der Waals surface area contributed by atoms with Crippen LogP contribution in [-0.2, 0) is 16.2 Å². The van der Waals surface area contributed by atoms with Gasteiger partial charge in [0.25, 0.3) is 0 Å². The van der Waals surface area contributed by atoms with Gasteiger partial charge in [-0.1, -0.05) is 41.9 Å². The predicted molar refractivity (Wildman–Crippen MR) is 143 cm³/mol. The molecule has 3 aromatic rings. The SMILES string of the molecule is CCOc1cc(C=NNC(=O)CC(=O)Nc2ccccc2OC)cc(Br)c1OCc1ccccc1Cl. The molecule has 0 aromatic heterocycles. The molecule has 0 aliphatic rings. The van der Waals surface area contributed by atoms with Crippen LogP contribution in [-0.4, -0.2) is 31.7 Å². The second-order valence-electron chi connectivity index (χ2n) is 7.36. The summed E-state index contributed by atoms with van der Waals surface area (Å²) in [5.74, 6) is 0.462. The summed E-state index contributed by atoms with van der Waals surface area (Å²) in [6, 6.07) is 17.9. The van der Waals surface area contributed by atoms with Gasteiger partial charge in [0.1, 0.15) is 18.8 Å². The van der Waals surface area contributed by atoms with E-state index < -0.39 is 18.2 Å². The fourth-order valence-corrected chi connectivity index (χ4v) is 3.90. The van der Waals surface area contributed by atoms with E-state index in [4.69, 9.17) is 25.8 Å². The maximum atomic E-state index is 12.2. The van der Waals surface area contributed by atoms with Gasteiger partial charge in [0.15, 0.2) is 11.5 Å². The molecule has 0 unspecified atom stereocenters. The van der Waals surface area contributed by atoms with Gasteiger partial charge < -0.3 is 19.5 Å². The molecule has 10 heteroatoms. The molecule has 3 rings (SSSR count). The highest BCUT2D eigenvalue weighted by Gasteiger charge is 2.14. The van der Waals surface area contributed by atoms with Gasteiger partial charge in [-0.2, -0.15) is 5.10 Å². The molecule has 2 amide bonds. The summed E-state index contributed by atoms with van der Waals surface area (Å²) in [5.41, 5.74) is 4.32. The number of hydrazone groups is 1. The Kier molecular flexibility index (Phi) is 10.1. The Morgan fingerprint density at radius 2 is 1.78 bits per heavy atom. The molecular weight excluding hydrogens is 550 g/mol. The molecule has 0 saturated heterocycles. The molecule has 3 aromatic carbocycles. The lowest BCUT2D eigenvalue weighted by atomic mass is 10.2. The summed E-state index contributed by atoms with van der Waals surface area (Å²) < 4.78 is 17.5. The van der Waals surface area contributed by atoms with Gasteiger partial charge in [-0.05, 0) is 58.7 Å². The summed E-state index contributed by atoms with van der Waals surface area (Å²) in [7, 11) is 1.50. The highest BCUT2D eigenvalue weighted by molar-refractivity contribution is 9.10. The Bertz CT molecular complexity index is 1250. The number of para-hydroxylation sites is 2. The Balaban J connectivity index is 1.61. The van der Waals surface area contributed by atoms with Crippen LogP contribution < -0.4 is 25.0 Å². The van der Waals surface area contributed by atoms with Crippen molar-refractivity contribution in [1.82, 2.24) is 5.43 Å². The van der Waals surface area contributed by atoms with Crippen molar-refractivity contribution >= 4 is 51.2 Å². The van der Waals surface area contributed by atoms with Crippen molar-refractivity contribution < 1.29 is 23.8 Å². The first-order chi connectivity index (χ1) is 17.4. The number of carbonyl (C=O) groups is 2. The molecule has 0 aliphatic heterocycles. The molecule has 8 nitrogen and oxygen atoms in total. The number of hydrogen-bond acceptors (Lipinski definition) is 6. The zero-order valence-corrected chi connectivity index (χ0v) is 22.1. The predicted octanol–water partition coefficient (Wildman–Crippen LogP) is 5.57. The molecule has 0 bridgehead atoms. The van der Waals surface area contributed by atoms with Crippen molar-refractivity contribution in [2.75, 3.05) is 19.0 Å². The molecule has 0 aliphatic carbocycles. The van der Waals surface area contributed by atoms with Crippen LogP contribution in [0.3, 0.4) is 0 Å². The van der Waals surface area contributed by atoms with E-state index in [-0.39, 0.29) is 6.61 Å². The van der Waals surface area contributed by atoms with E-state index in [1.807, 2.05) is 25.1 Å². The highest BCUT2D eigenvalue weighted by atomic mass is 79.9. The zero-order valence-electron chi connectivity index (χ0n) is 19.7. The minimum absolute atomic E-state index is 0.263. The summed E-state index contributed by atoms with van der Waals surface area (Å²) in [4.78, 5) is 24.3. The number of rotatable bonds is 11. The van der Waals surface area contributed by atoms with Gasteiger partial charge in [0.2, 0.25) is 11.8 Å². The number of methoxy groups -OCH3 is 1. The lowest BCUT2D eigenvalue weighted by Gasteiger charge is -2.15. The van der Waals surface area contributed by atoms with Gasteiger partial charge >= 0.3 is 0 Å². The average molecular weight is 575 g/mol. The second-order valence-corrected chi connectivity index (χ2v) is 8.62. The molecule has 36 heavy (non-hydrogen) atoms. The van der Waals surface area contributed by atoms with Crippen molar-refractivity contribution in [1.29, 1.82) is 0 Å². The number of benzene rings is 3. The average Bonchev–Trinajstić information content (AvgIpc) is 2.85. The van der Waals surface area contributed by atoms with E-state index in [1.54, 1.807) is 42.5 Å². The summed E-state index contributed by atoms with van der Waals surface area (Å²) in [6.45, 7) is 2.55. The largest absolute Gasteiger partial charge is 0.495 e. The van der Waals surface area contributed by atoms with Gasteiger partial charge in [0.05, 0.1) is 30.1 Å². The highest BCUT2D eigenvalue weighted by Crippen LogP contribution is 2.37. The third kappa shape index (κ3) is 7.73. The Morgan fingerprint density at radius 3 is 2.53 bits per heavy atom. The van der Waals surface area contributed by atoms with E-state index in [2.05, 4.69) is 31.8 Å². The fraction of sp³-hybridized carbons (Fsp3) is 0.192. The first kappa shape index (κ1) is 27.0. The molecule has 0 heterocycles. The Hall–Kier alpha value is -3.56. The number of carbonyl (C=O) groups excluding carboxylic acids is 2. The quantitative estimate of drug-likeness (QED) is 0.177. The van der Waals surface area contributed by atoms with Crippen molar-refractivity contribution in [3.8, 4) is 17.2 Å². The number of nitrogens with one attached hydrogen (secondary N) is 2. The summed E-state index contributed by atoms with van der Waals surface area (Å²) in [5, 5.41) is 7.20. The van der Waals surface area contributed by atoms with Crippen LogP contribution in [0.4, 0.5) is 5.69 Å². The minimum atomic E-state index is -0.567. The fourth-order valence-electron chi connectivity index (χ4n) is 3.14.